The van der Waals surface area contributed by atoms with Crippen molar-refractivity contribution in [2.45, 2.75) is 13.3 Å². The molecule has 0 unspecified atom stereocenters. The van der Waals surface area contributed by atoms with Gasteiger partial charge in [0.25, 0.3) is 5.91 Å². The van der Waals surface area contributed by atoms with Gasteiger partial charge in [0, 0.05) is 10.6 Å². The molecule has 0 heterocycles. The minimum atomic E-state index is -0.394. The number of nitrogens with zero attached hydrogens (tertiary/aromatic N) is 1. The van der Waals surface area contributed by atoms with E-state index in [0.717, 1.165) is 16.7 Å². The van der Waals surface area contributed by atoms with Crippen LogP contribution in [0.3, 0.4) is 0 Å². The van der Waals surface area contributed by atoms with E-state index in [1.807, 2.05) is 55.5 Å². The van der Waals surface area contributed by atoms with Crippen molar-refractivity contribution in [3.63, 3.8) is 0 Å². The number of halogens is 1. The highest BCUT2D eigenvalue weighted by Gasteiger charge is 2.06. The molecule has 0 bridgehead atoms. The topological polar surface area (TPSA) is 70.9 Å². The molecule has 3 aromatic rings. The fourth-order valence-corrected chi connectivity index (χ4v) is 2.94. The molecule has 29 heavy (non-hydrogen) atoms. The molecule has 148 valence electrons. The van der Waals surface area contributed by atoms with Gasteiger partial charge in [0.05, 0.1) is 6.21 Å². The molecule has 0 aliphatic carbocycles. The largest absolute Gasteiger partial charge is 0.507 e. The highest BCUT2D eigenvalue weighted by atomic mass is 35.5. The van der Waals surface area contributed by atoms with Crippen LogP contribution in [0.2, 0.25) is 5.02 Å². The molecule has 0 aliphatic rings. The first-order valence-electron chi connectivity index (χ1n) is 9.08. The summed E-state index contributed by atoms with van der Waals surface area (Å²) >= 11 is 6.21. The highest BCUT2D eigenvalue weighted by molar-refractivity contribution is 6.31. The molecule has 1 amide bonds. The van der Waals surface area contributed by atoms with E-state index in [1.54, 1.807) is 18.2 Å². The summed E-state index contributed by atoms with van der Waals surface area (Å²) in [5.74, 6) is 0.297. The number of carbonyl (C=O) groups is 1. The third kappa shape index (κ3) is 6.09. The zero-order valence-electron chi connectivity index (χ0n) is 15.9. The van der Waals surface area contributed by atoms with Gasteiger partial charge >= 0.3 is 0 Å². The number of hydrogen-bond donors (Lipinski definition) is 2. The number of phenolic OH excluding ortho intramolecular Hbond substituents is 1. The first kappa shape index (κ1) is 20.4. The van der Waals surface area contributed by atoms with Crippen LogP contribution in [0.4, 0.5) is 0 Å². The summed E-state index contributed by atoms with van der Waals surface area (Å²) in [5, 5.41) is 14.6. The van der Waals surface area contributed by atoms with Gasteiger partial charge < -0.3 is 9.84 Å². The van der Waals surface area contributed by atoms with Crippen LogP contribution in [0.15, 0.2) is 71.8 Å². The van der Waals surface area contributed by atoms with Crippen molar-refractivity contribution in [2.24, 2.45) is 5.10 Å². The number of aromatic hydroxyl groups is 1. The maximum absolute atomic E-state index is 11.9. The van der Waals surface area contributed by atoms with E-state index in [9.17, 15) is 9.90 Å². The predicted molar refractivity (Wildman–Crippen MR) is 115 cm³/mol. The summed E-state index contributed by atoms with van der Waals surface area (Å²) in [5.41, 5.74) is 5.89. The number of carbonyl (C=O) groups excluding carboxylic acids is 1. The van der Waals surface area contributed by atoms with Crippen LogP contribution >= 0.6 is 11.6 Å². The van der Waals surface area contributed by atoms with E-state index in [4.69, 9.17) is 16.3 Å². The van der Waals surface area contributed by atoms with Gasteiger partial charge in [0.2, 0.25) is 0 Å². The van der Waals surface area contributed by atoms with Crippen LogP contribution in [-0.4, -0.2) is 23.8 Å². The summed E-state index contributed by atoms with van der Waals surface area (Å²) in [4.78, 5) is 11.9. The first-order chi connectivity index (χ1) is 14.0. The van der Waals surface area contributed by atoms with Gasteiger partial charge in [0.1, 0.15) is 11.5 Å². The Morgan fingerprint density at radius 3 is 2.76 bits per heavy atom. The number of aryl methyl sites for hydroxylation is 1. The van der Waals surface area contributed by atoms with E-state index >= 15 is 0 Å². The molecular formula is C23H21ClN2O3. The van der Waals surface area contributed by atoms with E-state index < -0.39 is 5.91 Å². The van der Waals surface area contributed by atoms with Crippen LogP contribution in [0, 0.1) is 6.92 Å². The smallest absolute Gasteiger partial charge is 0.277 e. The van der Waals surface area contributed by atoms with Gasteiger partial charge in [-0.3, -0.25) is 4.79 Å². The molecule has 2 N–H and O–H groups in total. The predicted octanol–water partition coefficient (Wildman–Crippen LogP) is 4.47. The van der Waals surface area contributed by atoms with Crippen molar-refractivity contribution in [3.05, 3.63) is 94.0 Å². The third-order valence-corrected chi connectivity index (χ3v) is 4.57. The number of nitrogens with one attached hydrogen (secondary N) is 1. The zero-order chi connectivity index (χ0) is 20.6. The van der Waals surface area contributed by atoms with E-state index in [-0.39, 0.29) is 12.4 Å². The summed E-state index contributed by atoms with van der Waals surface area (Å²) in [7, 11) is 0. The van der Waals surface area contributed by atoms with Gasteiger partial charge in [-0.1, -0.05) is 48.0 Å². The fraction of sp³-hybridized carbons (Fsp3) is 0.130. The molecule has 3 rings (SSSR count). The molecule has 5 nitrogen and oxygen atoms in total. The number of hydrazone groups is 1. The van der Waals surface area contributed by atoms with E-state index in [1.165, 1.54) is 6.21 Å². The van der Waals surface area contributed by atoms with Crippen LogP contribution in [0.5, 0.6) is 11.5 Å². The summed E-state index contributed by atoms with van der Waals surface area (Å²) in [6.45, 7) is 1.79. The Hall–Kier alpha value is -3.31. The normalized spacial score (nSPS) is 10.8. The average Bonchev–Trinajstić information content (AvgIpc) is 2.70. The van der Waals surface area contributed by atoms with Gasteiger partial charge in [-0.15, -0.1) is 0 Å². The lowest BCUT2D eigenvalue weighted by Crippen LogP contribution is -2.24. The number of hydrogen-bond acceptors (Lipinski definition) is 4. The molecular weight excluding hydrogens is 388 g/mol. The Morgan fingerprint density at radius 1 is 1.14 bits per heavy atom. The van der Waals surface area contributed by atoms with Crippen molar-refractivity contribution in [3.8, 4) is 11.5 Å². The molecule has 0 saturated heterocycles. The highest BCUT2D eigenvalue weighted by Crippen LogP contribution is 2.22. The summed E-state index contributed by atoms with van der Waals surface area (Å²) < 4.78 is 5.42. The minimum absolute atomic E-state index is 0.0712. The van der Waals surface area contributed by atoms with Crippen LogP contribution in [0.25, 0.3) is 0 Å². The van der Waals surface area contributed by atoms with Crippen LogP contribution in [0.1, 0.15) is 22.3 Å². The number of amides is 1. The molecule has 0 atom stereocenters. The summed E-state index contributed by atoms with van der Waals surface area (Å²) in [6.07, 6.45) is 2.02. The first-order valence-corrected chi connectivity index (χ1v) is 9.46. The fourth-order valence-electron chi connectivity index (χ4n) is 2.74. The lowest BCUT2D eigenvalue weighted by Gasteiger charge is -2.07. The van der Waals surface area contributed by atoms with Gasteiger partial charge in [0.15, 0.2) is 6.61 Å². The number of benzene rings is 3. The maximum atomic E-state index is 11.9. The van der Waals surface area contributed by atoms with Gasteiger partial charge in [-0.25, -0.2) is 5.43 Å². The Morgan fingerprint density at radius 2 is 1.97 bits per heavy atom. The van der Waals surface area contributed by atoms with Gasteiger partial charge in [-0.2, -0.15) is 5.10 Å². The minimum Gasteiger partial charge on any atom is -0.507 e. The molecule has 0 fully saturated rings. The Kier molecular flexibility index (Phi) is 6.87. The lowest BCUT2D eigenvalue weighted by molar-refractivity contribution is -0.123. The molecule has 0 spiro atoms. The van der Waals surface area contributed by atoms with Crippen molar-refractivity contribution in [1.29, 1.82) is 0 Å². The van der Waals surface area contributed by atoms with Gasteiger partial charge in [-0.05, 0) is 60.4 Å². The maximum Gasteiger partial charge on any atom is 0.277 e. The number of ether oxygens (including phenoxy) is 1. The van der Waals surface area contributed by atoms with E-state index in [0.29, 0.717) is 22.8 Å². The standard InChI is InChI=1S/C23H21ClN2O3/c1-16-5-4-7-20(11-16)29-15-23(28)26-25-14-19-13-17(9-10-22(19)27)12-18-6-2-3-8-21(18)24/h2-11,13-14,27H,12,15H2,1H3,(H,26,28)/b25-14-. The number of phenols is 1. The second kappa shape index (κ2) is 9.75. The second-order valence-electron chi connectivity index (χ2n) is 6.56. The third-order valence-electron chi connectivity index (χ3n) is 4.20. The van der Waals surface area contributed by atoms with Crippen molar-refractivity contribution in [1.82, 2.24) is 5.43 Å². The zero-order valence-corrected chi connectivity index (χ0v) is 16.7. The lowest BCUT2D eigenvalue weighted by atomic mass is 10.0. The number of rotatable bonds is 7. The molecule has 6 heteroatoms. The quantitative estimate of drug-likeness (QED) is 0.447. The van der Waals surface area contributed by atoms with Crippen LogP contribution in [-0.2, 0) is 11.2 Å². The second-order valence-corrected chi connectivity index (χ2v) is 6.97. The van der Waals surface area contributed by atoms with E-state index in [2.05, 4.69) is 10.5 Å². The molecule has 0 saturated carbocycles. The monoisotopic (exact) mass is 408 g/mol. The molecule has 3 aromatic carbocycles. The Balaban J connectivity index is 1.58. The van der Waals surface area contributed by atoms with Crippen molar-refractivity contribution >= 4 is 23.7 Å². The average molecular weight is 409 g/mol. The van der Waals surface area contributed by atoms with Crippen molar-refractivity contribution < 1.29 is 14.6 Å². The molecule has 0 aromatic heterocycles. The Bertz CT molecular complexity index is 1030. The molecule has 0 radical (unpaired) electrons. The van der Waals surface area contributed by atoms with Crippen LogP contribution < -0.4 is 10.2 Å². The Labute approximate surface area is 174 Å². The SMILES string of the molecule is Cc1cccc(OCC(=O)N/N=C\c2cc(Cc3ccccc3Cl)ccc2O)c1. The molecule has 0 aliphatic heterocycles. The summed E-state index contributed by atoms with van der Waals surface area (Å²) in [6, 6.07) is 20.3. The van der Waals surface area contributed by atoms with Crippen molar-refractivity contribution in [2.75, 3.05) is 6.61 Å².